The van der Waals surface area contributed by atoms with Crippen molar-refractivity contribution in [2.24, 2.45) is 0 Å². The zero-order valence-corrected chi connectivity index (χ0v) is 10.7. The largest absolute Gasteiger partial charge is 0.463 e. The van der Waals surface area contributed by atoms with Crippen LogP contribution in [0.5, 0.6) is 0 Å². The molecule has 0 aliphatic heterocycles. The molecule has 0 spiro atoms. The molecular weight excluding hydrogens is 236 g/mol. The minimum atomic E-state index is -0.735. The minimum absolute atomic E-state index is 0.280. The van der Waals surface area contributed by atoms with Crippen LogP contribution in [0.3, 0.4) is 0 Å². The van der Waals surface area contributed by atoms with Crippen molar-refractivity contribution in [3.63, 3.8) is 0 Å². The fourth-order valence-corrected chi connectivity index (χ4v) is 2.24. The van der Waals surface area contributed by atoms with Gasteiger partial charge in [0, 0.05) is 11.3 Å². The summed E-state index contributed by atoms with van der Waals surface area (Å²) in [6.45, 7) is 0. The third-order valence-corrected chi connectivity index (χ3v) is 3.32. The van der Waals surface area contributed by atoms with Crippen molar-refractivity contribution in [1.29, 1.82) is 0 Å². The second-order valence-electron chi connectivity index (χ2n) is 3.53. The molecule has 1 aromatic carbocycles. The van der Waals surface area contributed by atoms with E-state index in [0.29, 0.717) is 0 Å². The van der Waals surface area contributed by atoms with Crippen molar-refractivity contribution in [3.05, 3.63) is 30.3 Å². The number of Topliss-reactive ketones (excluding diaryl/α,β-unsaturated/α-hetero) is 1. The van der Waals surface area contributed by atoms with Crippen molar-refractivity contribution in [2.45, 2.75) is 24.2 Å². The number of unbranched alkanes of at least 4 members (excludes halogenated alkanes) is 1. The van der Waals surface area contributed by atoms with Gasteiger partial charge in [-0.25, -0.2) is 4.79 Å². The van der Waals surface area contributed by atoms with Crippen molar-refractivity contribution >= 4 is 23.5 Å². The molecule has 1 rings (SSSR count). The Morgan fingerprint density at radius 2 is 1.88 bits per heavy atom. The van der Waals surface area contributed by atoms with Gasteiger partial charge in [-0.15, -0.1) is 11.8 Å². The van der Waals surface area contributed by atoms with Gasteiger partial charge < -0.3 is 4.74 Å². The number of ether oxygens (including phenoxy) is 1. The van der Waals surface area contributed by atoms with Gasteiger partial charge in [0.2, 0.25) is 5.78 Å². The van der Waals surface area contributed by atoms with Crippen LogP contribution in [0.1, 0.15) is 19.3 Å². The molecule has 0 amide bonds. The van der Waals surface area contributed by atoms with E-state index in [4.69, 9.17) is 0 Å². The molecule has 0 unspecified atom stereocenters. The Hall–Kier alpha value is -1.29. The molecule has 3 nitrogen and oxygen atoms in total. The maximum atomic E-state index is 11.1. The highest BCUT2D eigenvalue weighted by atomic mass is 32.2. The van der Waals surface area contributed by atoms with Crippen molar-refractivity contribution in [3.8, 4) is 0 Å². The summed E-state index contributed by atoms with van der Waals surface area (Å²) < 4.78 is 4.34. The molecule has 4 heteroatoms. The third kappa shape index (κ3) is 5.54. The predicted octanol–water partition coefficient (Wildman–Crippen LogP) is 2.69. The number of carbonyl (C=O) groups excluding carboxylic acids is 2. The average Bonchev–Trinajstić information content (AvgIpc) is 2.38. The van der Waals surface area contributed by atoms with Crippen LogP contribution in [-0.4, -0.2) is 24.6 Å². The molecule has 0 radical (unpaired) electrons. The molecule has 17 heavy (non-hydrogen) atoms. The van der Waals surface area contributed by atoms with Gasteiger partial charge in [0.05, 0.1) is 7.11 Å². The van der Waals surface area contributed by atoms with Crippen LogP contribution in [0, 0.1) is 0 Å². The first-order valence-electron chi connectivity index (χ1n) is 5.53. The summed E-state index contributed by atoms with van der Waals surface area (Å²) in [5.41, 5.74) is 0. The monoisotopic (exact) mass is 252 g/mol. The molecule has 0 saturated carbocycles. The highest BCUT2D eigenvalue weighted by Gasteiger charge is 2.12. The fraction of sp³-hybridized carbons (Fsp3) is 0.385. The summed E-state index contributed by atoms with van der Waals surface area (Å²) in [6, 6.07) is 10.1. The summed E-state index contributed by atoms with van der Waals surface area (Å²) in [5.74, 6) is -0.212. The number of hydrogen-bond acceptors (Lipinski definition) is 4. The minimum Gasteiger partial charge on any atom is -0.463 e. The molecule has 0 heterocycles. The zero-order valence-electron chi connectivity index (χ0n) is 9.85. The van der Waals surface area contributed by atoms with Gasteiger partial charge in [-0.2, -0.15) is 0 Å². The standard InChI is InChI=1S/C13H16O3S/c1-16-13(15)12(14)9-5-6-10-17-11-7-3-2-4-8-11/h2-4,7-8H,5-6,9-10H2,1H3. The normalized spacial score (nSPS) is 9.94. The summed E-state index contributed by atoms with van der Waals surface area (Å²) in [7, 11) is 1.23. The lowest BCUT2D eigenvalue weighted by Gasteiger charge is -2.01. The van der Waals surface area contributed by atoms with E-state index in [1.807, 2.05) is 18.2 Å². The first kappa shape index (κ1) is 13.8. The Morgan fingerprint density at radius 1 is 1.18 bits per heavy atom. The molecule has 0 N–H and O–H groups in total. The van der Waals surface area contributed by atoms with Gasteiger partial charge in [-0.05, 0) is 30.7 Å². The number of ketones is 1. The Labute approximate surface area is 106 Å². The molecule has 0 aromatic heterocycles. The van der Waals surface area contributed by atoms with Crippen molar-refractivity contribution in [2.75, 3.05) is 12.9 Å². The average molecular weight is 252 g/mol. The smallest absolute Gasteiger partial charge is 0.374 e. The second-order valence-corrected chi connectivity index (χ2v) is 4.70. The van der Waals surface area contributed by atoms with Crippen LogP contribution >= 0.6 is 11.8 Å². The van der Waals surface area contributed by atoms with E-state index in [1.54, 1.807) is 11.8 Å². The number of carbonyl (C=O) groups is 2. The Bertz CT molecular complexity index is 362. The first-order chi connectivity index (χ1) is 8.24. The number of rotatable bonds is 7. The second kappa shape index (κ2) is 7.90. The molecule has 0 aliphatic rings. The first-order valence-corrected chi connectivity index (χ1v) is 6.51. The summed E-state index contributed by atoms with van der Waals surface area (Å²) in [5, 5.41) is 0. The lowest BCUT2D eigenvalue weighted by molar-refractivity contribution is -0.151. The van der Waals surface area contributed by atoms with Crippen LogP contribution in [0.2, 0.25) is 0 Å². The van der Waals surface area contributed by atoms with E-state index in [2.05, 4.69) is 16.9 Å². The van der Waals surface area contributed by atoms with Crippen LogP contribution in [0.15, 0.2) is 35.2 Å². The van der Waals surface area contributed by atoms with E-state index >= 15 is 0 Å². The zero-order chi connectivity index (χ0) is 12.5. The van der Waals surface area contributed by atoms with Gasteiger partial charge in [-0.1, -0.05) is 18.2 Å². The maximum absolute atomic E-state index is 11.1. The summed E-state index contributed by atoms with van der Waals surface area (Å²) in [6.07, 6.45) is 1.93. The third-order valence-electron chi connectivity index (χ3n) is 2.22. The lowest BCUT2D eigenvalue weighted by atomic mass is 10.2. The topological polar surface area (TPSA) is 43.4 Å². The molecule has 92 valence electrons. The van der Waals surface area contributed by atoms with Gasteiger partial charge in [-0.3, -0.25) is 4.79 Å². The Morgan fingerprint density at radius 3 is 2.53 bits per heavy atom. The Balaban J connectivity index is 2.09. The van der Waals surface area contributed by atoms with Gasteiger partial charge in [0.15, 0.2) is 0 Å². The molecule has 0 aliphatic carbocycles. The Kier molecular flexibility index (Phi) is 6.40. The van der Waals surface area contributed by atoms with E-state index in [9.17, 15) is 9.59 Å². The number of thioether (sulfide) groups is 1. The van der Waals surface area contributed by atoms with Gasteiger partial charge >= 0.3 is 5.97 Å². The quantitative estimate of drug-likeness (QED) is 0.324. The fourth-order valence-electron chi connectivity index (χ4n) is 1.31. The summed E-state index contributed by atoms with van der Waals surface area (Å²) in [4.78, 5) is 23.2. The number of benzene rings is 1. The van der Waals surface area contributed by atoms with E-state index < -0.39 is 11.8 Å². The van der Waals surface area contributed by atoms with Crippen LogP contribution in [0.25, 0.3) is 0 Å². The molecular formula is C13H16O3S. The van der Waals surface area contributed by atoms with Crippen molar-refractivity contribution in [1.82, 2.24) is 0 Å². The molecule has 0 fully saturated rings. The van der Waals surface area contributed by atoms with E-state index in [-0.39, 0.29) is 6.42 Å². The van der Waals surface area contributed by atoms with Crippen LogP contribution < -0.4 is 0 Å². The predicted molar refractivity (Wildman–Crippen MR) is 68.0 cm³/mol. The number of hydrogen-bond donors (Lipinski definition) is 0. The van der Waals surface area contributed by atoms with Crippen LogP contribution in [-0.2, 0) is 14.3 Å². The van der Waals surface area contributed by atoms with Gasteiger partial charge in [0.1, 0.15) is 0 Å². The highest BCUT2D eigenvalue weighted by Crippen LogP contribution is 2.18. The maximum Gasteiger partial charge on any atom is 0.374 e. The van der Waals surface area contributed by atoms with E-state index in [1.165, 1.54) is 12.0 Å². The highest BCUT2D eigenvalue weighted by molar-refractivity contribution is 7.99. The molecule has 1 aromatic rings. The van der Waals surface area contributed by atoms with E-state index in [0.717, 1.165) is 18.6 Å². The van der Waals surface area contributed by atoms with Crippen LogP contribution in [0.4, 0.5) is 0 Å². The molecule has 0 bridgehead atoms. The summed E-state index contributed by atoms with van der Waals surface area (Å²) >= 11 is 1.76. The van der Waals surface area contributed by atoms with Gasteiger partial charge in [0.25, 0.3) is 0 Å². The number of esters is 1. The molecule has 0 saturated heterocycles. The SMILES string of the molecule is COC(=O)C(=O)CCCCSc1ccccc1. The lowest BCUT2D eigenvalue weighted by Crippen LogP contribution is -2.14. The molecule has 0 atom stereocenters. The van der Waals surface area contributed by atoms with Crippen molar-refractivity contribution < 1.29 is 14.3 Å². The number of methoxy groups -OCH3 is 1.